The van der Waals surface area contributed by atoms with Crippen LogP contribution in [0.2, 0.25) is 0 Å². The molecule has 11 heteroatoms. The van der Waals surface area contributed by atoms with Crippen molar-refractivity contribution >= 4 is 37.5 Å². The van der Waals surface area contributed by atoms with Gasteiger partial charge in [0.2, 0.25) is 10.0 Å². The maximum absolute atomic E-state index is 12.0. The van der Waals surface area contributed by atoms with Gasteiger partial charge in [-0.05, 0) is 49.1 Å². The van der Waals surface area contributed by atoms with Crippen LogP contribution < -0.4 is 13.7 Å². The molecule has 0 unspecified atom stereocenters. The molecule has 3 rings (SSSR count). The molecule has 1 fully saturated rings. The van der Waals surface area contributed by atoms with E-state index in [0.29, 0.717) is 23.2 Å². The number of sulfonamides is 1. The Bertz CT molecular complexity index is 1210. The number of amides is 1. The number of aromatic hydroxyl groups is 1. The molecular formula is C18H21N3O6S2. The van der Waals surface area contributed by atoms with Crippen molar-refractivity contribution in [2.24, 2.45) is 0 Å². The highest BCUT2D eigenvalue weighted by atomic mass is 32.2. The van der Waals surface area contributed by atoms with Gasteiger partial charge in [-0.3, -0.25) is 9.52 Å². The first kappa shape index (κ1) is 20.9. The molecule has 9 nitrogen and oxygen atoms in total. The summed E-state index contributed by atoms with van der Waals surface area (Å²) in [7, 11) is -7.51. The number of phenols is 1. The topological polar surface area (TPSA) is 133 Å². The van der Waals surface area contributed by atoms with Crippen molar-refractivity contribution in [3.63, 3.8) is 0 Å². The number of carbonyl (C=O) groups is 1. The van der Waals surface area contributed by atoms with Gasteiger partial charge in [0.1, 0.15) is 12.3 Å². The number of phenolic OH excluding ortho intramolecular Hbond substituents is 1. The number of benzene rings is 2. The van der Waals surface area contributed by atoms with Crippen molar-refractivity contribution < 1.29 is 26.7 Å². The average molecular weight is 440 g/mol. The zero-order valence-electron chi connectivity index (χ0n) is 16.1. The van der Waals surface area contributed by atoms with Crippen LogP contribution in [0.3, 0.4) is 0 Å². The van der Waals surface area contributed by atoms with Crippen LogP contribution in [0.4, 0.5) is 11.4 Å². The standard InChI is InChI=1S/C18H21N3O6S2/c1-11-6-12(2)18(20-28(3,24)25)14(7-11)8-13-4-5-15(16(22)9-13)21-10-17(23)19-29(21,26)27/h4-7,9,20,22H,8,10H2,1-3H3,(H,19,23). The SMILES string of the molecule is Cc1cc(C)c(NS(C)(=O)=O)c(Cc2ccc(N3CC(=O)NS3(=O)=O)c(O)c2)c1. The summed E-state index contributed by atoms with van der Waals surface area (Å²) in [6, 6.07) is 8.14. The van der Waals surface area contributed by atoms with Crippen LogP contribution in [0.1, 0.15) is 22.3 Å². The van der Waals surface area contributed by atoms with Gasteiger partial charge >= 0.3 is 10.2 Å². The van der Waals surface area contributed by atoms with E-state index in [4.69, 9.17) is 0 Å². The van der Waals surface area contributed by atoms with Crippen LogP contribution in [0.15, 0.2) is 30.3 Å². The predicted octanol–water partition coefficient (Wildman–Crippen LogP) is 1.15. The molecule has 0 radical (unpaired) electrons. The minimum absolute atomic E-state index is 0.0120. The fourth-order valence-electron chi connectivity index (χ4n) is 3.30. The molecule has 29 heavy (non-hydrogen) atoms. The molecule has 0 saturated carbocycles. The maximum Gasteiger partial charge on any atom is 0.326 e. The quantitative estimate of drug-likeness (QED) is 0.640. The number of hydrogen-bond acceptors (Lipinski definition) is 6. The summed E-state index contributed by atoms with van der Waals surface area (Å²) in [5, 5.41) is 10.4. The highest BCUT2D eigenvalue weighted by Crippen LogP contribution is 2.33. The summed E-state index contributed by atoms with van der Waals surface area (Å²) in [5.74, 6) is -0.982. The van der Waals surface area contributed by atoms with Gasteiger partial charge in [0.25, 0.3) is 5.91 Å². The second kappa shape index (κ2) is 7.23. The highest BCUT2D eigenvalue weighted by molar-refractivity contribution is 7.92. The Morgan fingerprint density at radius 3 is 2.45 bits per heavy atom. The zero-order valence-corrected chi connectivity index (χ0v) is 17.7. The molecule has 1 heterocycles. The Morgan fingerprint density at radius 1 is 1.21 bits per heavy atom. The Hall–Kier alpha value is -2.79. The van der Waals surface area contributed by atoms with Crippen molar-refractivity contribution in [1.29, 1.82) is 0 Å². The van der Waals surface area contributed by atoms with E-state index in [1.54, 1.807) is 13.0 Å². The van der Waals surface area contributed by atoms with Crippen LogP contribution in [0.5, 0.6) is 5.75 Å². The number of carbonyl (C=O) groups excluding carboxylic acids is 1. The number of anilines is 2. The first-order valence-corrected chi connectivity index (χ1v) is 11.9. The van der Waals surface area contributed by atoms with E-state index in [2.05, 4.69) is 4.72 Å². The first-order valence-electron chi connectivity index (χ1n) is 8.59. The third-order valence-corrected chi connectivity index (χ3v) is 6.34. The Morgan fingerprint density at radius 2 is 1.90 bits per heavy atom. The maximum atomic E-state index is 12.0. The van der Waals surface area contributed by atoms with Crippen LogP contribution in [0, 0.1) is 13.8 Å². The molecule has 0 bridgehead atoms. The summed E-state index contributed by atoms with van der Waals surface area (Å²) in [4.78, 5) is 11.4. The van der Waals surface area contributed by atoms with Gasteiger partial charge in [0, 0.05) is 0 Å². The van der Waals surface area contributed by atoms with Gasteiger partial charge in [-0.2, -0.15) is 8.42 Å². The molecule has 0 aliphatic carbocycles. The molecule has 0 aromatic heterocycles. The summed E-state index contributed by atoms with van der Waals surface area (Å²) in [5.41, 5.74) is 3.53. The summed E-state index contributed by atoms with van der Waals surface area (Å²) >= 11 is 0. The van der Waals surface area contributed by atoms with Crippen LogP contribution >= 0.6 is 0 Å². The minimum Gasteiger partial charge on any atom is -0.506 e. The highest BCUT2D eigenvalue weighted by Gasteiger charge is 2.35. The lowest BCUT2D eigenvalue weighted by atomic mass is 9.98. The monoisotopic (exact) mass is 439 g/mol. The molecule has 1 amide bonds. The number of aryl methyl sites for hydroxylation is 2. The molecule has 1 aliphatic rings. The largest absolute Gasteiger partial charge is 0.506 e. The Kier molecular flexibility index (Phi) is 5.22. The minimum atomic E-state index is -4.02. The summed E-state index contributed by atoms with van der Waals surface area (Å²) in [6.45, 7) is 3.28. The Labute approximate surface area is 169 Å². The molecule has 156 valence electrons. The van der Waals surface area contributed by atoms with Gasteiger partial charge in [0.15, 0.2) is 0 Å². The van der Waals surface area contributed by atoms with E-state index in [-0.39, 0.29) is 11.4 Å². The molecule has 0 atom stereocenters. The second-order valence-corrected chi connectivity index (χ2v) is 10.4. The normalized spacial score (nSPS) is 16.0. The lowest BCUT2D eigenvalue weighted by Gasteiger charge is -2.18. The molecule has 0 spiro atoms. The number of rotatable bonds is 5. The van der Waals surface area contributed by atoms with Crippen LogP contribution in [-0.4, -0.2) is 40.6 Å². The van der Waals surface area contributed by atoms with Crippen LogP contribution in [0.25, 0.3) is 0 Å². The average Bonchev–Trinajstić information content (AvgIpc) is 2.82. The Balaban J connectivity index is 1.96. The predicted molar refractivity (Wildman–Crippen MR) is 110 cm³/mol. The number of hydrogen-bond donors (Lipinski definition) is 3. The first-order chi connectivity index (χ1) is 13.4. The molecule has 1 aliphatic heterocycles. The van der Waals surface area contributed by atoms with E-state index in [0.717, 1.165) is 21.7 Å². The van der Waals surface area contributed by atoms with E-state index in [1.807, 2.05) is 23.8 Å². The smallest absolute Gasteiger partial charge is 0.326 e. The van der Waals surface area contributed by atoms with Crippen molar-refractivity contribution in [2.75, 3.05) is 21.8 Å². The van der Waals surface area contributed by atoms with E-state index in [1.165, 1.54) is 12.1 Å². The number of nitrogens with zero attached hydrogens (tertiary/aromatic N) is 1. The molecule has 1 saturated heterocycles. The number of nitrogens with one attached hydrogen (secondary N) is 2. The lowest BCUT2D eigenvalue weighted by molar-refractivity contribution is -0.117. The third-order valence-electron chi connectivity index (χ3n) is 4.37. The van der Waals surface area contributed by atoms with E-state index < -0.39 is 32.7 Å². The summed E-state index contributed by atoms with van der Waals surface area (Å²) in [6.07, 6.45) is 1.38. The van der Waals surface area contributed by atoms with Crippen molar-refractivity contribution in [3.8, 4) is 5.75 Å². The molecular weight excluding hydrogens is 418 g/mol. The van der Waals surface area contributed by atoms with Crippen molar-refractivity contribution in [3.05, 3.63) is 52.6 Å². The van der Waals surface area contributed by atoms with E-state index in [9.17, 15) is 26.7 Å². The van der Waals surface area contributed by atoms with Gasteiger partial charge < -0.3 is 5.11 Å². The zero-order chi connectivity index (χ0) is 21.6. The van der Waals surface area contributed by atoms with Crippen molar-refractivity contribution in [1.82, 2.24) is 4.72 Å². The van der Waals surface area contributed by atoms with Gasteiger partial charge in [0.05, 0.1) is 17.6 Å². The lowest BCUT2D eigenvalue weighted by Crippen LogP contribution is -2.29. The molecule has 3 N–H and O–H groups in total. The van der Waals surface area contributed by atoms with Crippen LogP contribution in [-0.2, 0) is 31.4 Å². The van der Waals surface area contributed by atoms with E-state index >= 15 is 0 Å². The van der Waals surface area contributed by atoms with Gasteiger partial charge in [-0.1, -0.05) is 23.8 Å². The third kappa shape index (κ3) is 4.62. The molecule has 2 aromatic carbocycles. The molecule has 2 aromatic rings. The second-order valence-electron chi connectivity index (χ2n) is 7.03. The van der Waals surface area contributed by atoms with Gasteiger partial charge in [-0.15, -0.1) is 0 Å². The summed E-state index contributed by atoms with van der Waals surface area (Å²) < 4.78 is 52.6. The van der Waals surface area contributed by atoms with Crippen molar-refractivity contribution in [2.45, 2.75) is 20.3 Å². The van der Waals surface area contributed by atoms with Gasteiger partial charge in [-0.25, -0.2) is 17.4 Å². The fraction of sp³-hybridized carbons (Fsp3) is 0.278. The fourth-order valence-corrected chi connectivity index (χ4v) is 5.12.